The van der Waals surface area contributed by atoms with E-state index < -0.39 is 29.1 Å². The summed E-state index contributed by atoms with van der Waals surface area (Å²) in [4.78, 5) is 34.4. The molecule has 6 heteroatoms. The van der Waals surface area contributed by atoms with Crippen molar-refractivity contribution in [1.29, 1.82) is 0 Å². The topological polar surface area (TPSA) is 89.9 Å². The van der Waals surface area contributed by atoms with Crippen LogP contribution in [0.5, 0.6) is 5.75 Å². The first-order chi connectivity index (χ1) is 9.88. The maximum absolute atomic E-state index is 11.8. The largest absolute Gasteiger partial charge is 0.506 e. The highest BCUT2D eigenvalue weighted by molar-refractivity contribution is 6.21. The van der Waals surface area contributed by atoms with Gasteiger partial charge in [-0.15, -0.1) is 0 Å². The van der Waals surface area contributed by atoms with Crippen LogP contribution in [0.25, 0.3) is 5.76 Å². The smallest absolute Gasteiger partial charge is 0.345 e. The van der Waals surface area contributed by atoms with Gasteiger partial charge in [-0.1, -0.05) is 12.1 Å². The number of Topliss-reactive ketones (excluding diaryl/α,β-unsaturated/α-hetero) is 1. The fourth-order valence-electron chi connectivity index (χ4n) is 1.65. The maximum atomic E-state index is 11.8. The normalized spacial score (nSPS) is 11.4. The molecule has 1 N–H and O–H groups in total. The molecule has 0 unspecified atom stereocenters. The van der Waals surface area contributed by atoms with Crippen molar-refractivity contribution in [2.75, 3.05) is 6.61 Å². The second-order valence-electron chi connectivity index (χ2n) is 4.09. The van der Waals surface area contributed by atoms with Crippen molar-refractivity contribution in [3.05, 3.63) is 35.4 Å². The Hall–Kier alpha value is -2.63. The van der Waals surface area contributed by atoms with E-state index in [2.05, 4.69) is 0 Å². The Kier molecular flexibility index (Phi) is 5.66. The number of hydrogen-bond donors (Lipinski definition) is 1. The van der Waals surface area contributed by atoms with Gasteiger partial charge in [0.1, 0.15) is 17.1 Å². The molecule has 0 aromatic heterocycles. The number of hydrogen-bond acceptors (Lipinski definition) is 6. The fourth-order valence-corrected chi connectivity index (χ4v) is 1.65. The molecule has 1 aromatic rings. The zero-order chi connectivity index (χ0) is 16.0. The lowest BCUT2D eigenvalue weighted by Gasteiger charge is -2.11. The van der Waals surface area contributed by atoms with Gasteiger partial charge >= 0.3 is 11.9 Å². The molecule has 1 aromatic carbocycles. The van der Waals surface area contributed by atoms with E-state index in [-0.39, 0.29) is 17.9 Å². The van der Waals surface area contributed by atoms with E-state index in [1.807, 2.05) is 0 Å². The average molecular weight is 292 g/mol. The SMILES string of the molecule is CCOC(=O)/C(C(C)=O)=C(\O)c1ccccc1OC(C)=O. The summed E-state index contributed by atoms with van der Waals surface area (Å²) >= 11 is 0. The molecule has 0 spiro atoms. The number of ketones is 1. The Balaban J connectivity index is 3.40. The highest BCUT2D eigenvalue weighted by atomic mass is 16.5. The van der Waals surface area contributed by atoms with E-state index in [1.165, 1.54) is 19.1 Å². The highest BCUT2D eigenvalue weighted by Crippen LogP contribution is 2.27. The molecule has 0 heterocycles. The summed E-state index contributed by atoms with van der Waals surface area (Å²) in [5.41, 5.74) is -0.428. The van der Waals surface area contributed by atoms with Crippen LogP contribution in [0.3, 0.4) is 0 Å². The van der Waals surface area contributed by atoms with Crippen molar-refractivity contribution >= 4 is 23.5 Å². The van der Waals surface area contributed by atoms with E-state index >= 15 is 0 Å². The van der Waals surface area contributed by atoms with E-state index in [0.717, 1.165) is 6.92 Å². The van der Waals surface area contributed by atoms with Crippen LogP contribution in [-0.2, 0) is 19.1 Å². The van der Waals surface area contributed by atoms with Crippen molar-refractivity contribution in [2.45, 2.75) is 20.8 Å². The summed E-state index contributed by atoms with van der Waals surface area (Å²) in [6, 6.07) is 6.03. The first-order valence-corrected chi connectivity index (χ1v) is 6.27. The minimum Gasteiger partial charge on any atom is -0.506 e. The van der Waals surface area contributed by atoms with Crippen molar-refractivity contribution in [3.8, 4) is 5.75 Å². The Morgan fingerprint density at radius 3 is 2.29 bits per heavy atom. The Morgan fingerprint density at radius 2 is 1.76 bits per heavy atom. The van der Waals surface area contributed by atoms with Gasteiger partial charge in [0, 0.05) is 6.92 Å². The number of rotatable bonds is 5. The third-order valence-electron chi connectivity index (χ3n) is 2.46. The number of ether oxygens (including phenoxy) is 2. The van der Waals surface area contributed by atoms with Gasteiger partial charge < -0.3 is 14.6 Å². The van der Waals surface area contributed by atoms with Gasteiger partial charge in [-0.3, -0.25) is 9.59 Å². The molecule has 0 amide bonds. The van der Waals surface area contributed by atoms with Crippen LogP contribution in [0.15, 0.2) is 29.8 Å². The summed E-state index contributed by atoms with van der Waals surface area (Å²) in [5, 5.41) is 10.2. The van der Waals surface area contributed by atoms with Crippen LogP contribution in [0.1, 0.15) is 26.3 Å². The van der Waals surface area contributed by atoms with Crippen molar-refractivity contribution in [1.82, 2.24) is 0 Å². The maximum Gasteiger partial charge on any atom is 0.345 e. The molecular weight excluding hydrogens is 276 g/mol. The van der Waals surface area contributed by atoms with Gasteiger partial charge in [0.05, 0.1) is 12.2 Å². The Bertz CT molecular complexity index is 600. The summed E-state index contributed by atoms with van der Waals surface area (Å²) in [7, 11) is 0. The molecule has 112 valence electrons. The molecule has 0 aliphatic carbocycles. The molecule has 0 saturated heterocycles. The quantitative estimate of drug-likeness (QED) is 0.223. The van der Waals surface area contributed by atoms with Crippen LogP contribution in [0.4, 0.5) is 0 Å². The molecule has 0 atom stereocenters. The van der Waals surface area contributed by atoms with Crippen LogP contribution in [0.2, 0.25) is 0 Å². The molecule has 0 bridgehead atoms. The lowest BCUT2D eigenvalue weighted by atomic mass is 10.0. The molecular formula is C15H16O6. The molecule has 0 aliphatic rings. The summed E-state index contributed by atoms with van der Waals surface area (Å²) in [6.07, 6.45) is 0. The first-order valence-electron chi connectivity index (χ1n) is 6.27. The number of carbonyl (C=O) groups is 3. The van der Waals surface area contributed by atoms with E-state index in [9.17, 15) is 19.5 Å². The Morgan fingerprint density at radius 1 is 1.14 bits per heavy atom. The standard InChI is InChI=1S/C15H16O6/c1-4-20-15(19)13(9(2)16)14(18)11-7-5-6-8-12(11)21-10(3)17/h5-8,18H,4H2,1-3H3/b14-13-. The average Bonchev–Trinajstić information content (AvgIpc) is 2.38. The van der Waals surface area contributed by atoms with Gasteiger partial charge in [-0.25, -0.2) is 4.79 Å². The predicted octanol–water partition coefficient (Wildman–Crippen LogP) is 2.03. The van der Waals surface area contributed by atoms with Crippen LogP contribution < -0.4 is 4.74 Å². The second-order valence-corrected chi connectivity index (χ2v) is 4.09. The third kappa shape index (κ3) is 4.17. The molecule has 0 saturated carbocycles. The van der Waals surface area contributed by atoms with Gasteiger partial charge in [-0.2, -0.15) is 0 Å². The monoisotopic (exact) mass is 292 g/mol. The van der Waals surface area contributed by atoms with Crippen LogP contribution >= 0.6 is 0 Å². The molecule has 0 fully saturated rings. The predicted molar refractivity (Wildman–Crippen MR) is 74.6 cm³/mol. The van der Waals surface area contributed by atoms with Gasteiger partial charge in [0.25, 0.3) is 0 Å². The van der Waals surface area contributed by atoms with Crippen LogP contribution in [0, 0.1) is 0 Å². The molecule has 0 radical (unpaired) electrons. The van der Waals surface area contributed by atoms with E-state index in [4.69, 9.17) is 9.47 Å². The van der Waals surface area contributed by atoms with E-state index in [1.54, 1.807) is 19.1 Å². The molecule has 0 aliphatic heterocycles. The van der Waals surface area contributed by atoms with Gasteiger partial charge in [0.2, 0.25) is 0 Å². The minimum atomic E-state index is -0.930. The summed E-state index contributed by atoms with van der Waals surface area (Å²) in [6.45, 7) is 3.99. The third-order valence-corrected chi connectivity index (χ3v) is 2.46. The first kappa shape index (κ1) is 16.4. The second kappa shape index (κ2) is 7.23. The summed E-state index contributed by atoms with van der Waals surface area (Å²) < 4.78 is 9.68. The zero-order valence-corrected chi connectivity index (χ0v) is 12.0. The summed E-state index contributed by atoms with van der Waals surface area (Å²) in [5.74, 6) is -2.71. The number of esters is 2. The van der Waals surface area contributed by atoms with Crippen molar-refractivity contribution in [2.24, 2.45) is 0 Å². The van der Waals surface area contributed by atoms with Crippen molar-refractivity contribution in [3.63, 3.8) is 0 Å². The fraction of sp³-hybridized carbons (Fsp3) is 0.267. The van der Waals surface area contributed by atoms with Gasteiger partial charge in [0.15, 0.2) is 5.78 Å². The lowest BCUT2D eigenvalue weighted by molar-refractivity contribution is -0.139. The van der Waals surface area contributed by atoms with E-state index in [0.29, 0.717) is 0 Å². The number of aliphatic hydroxyl groups excluding tert-OH is 1. The molecule has 6 nitrogen and oxygen atoms in total. The Labute approximate surface area is 122 Å². The number of benzene rings is 1. The highest BCUT2D eigenvalue weighted by Gasteiger charge is 2.24. The van der Waals surface area contributed by atoms with Crippen LogP contribution in [-0.4, -0.2) is 29.4 Å². The lowest BCUT2D eigenvalue weighted by Crippen LogP contribution is -2.16. The number of carbonyl (C=O) groups excluding carboxylic acids is 3. The molecule has 1 rings (SSSR count). The minimum absolute atomic E-state index is 0.0468. The number of para-hydroxylation sites is 1. The number of aliphatic hydroxyl groups is 1. The zero-order valence-electron chi connectivity index (χ0n) is 12.0. The van der Waals surface area contributed by atoms with Gasteiger partial charge in [-0.05, 0) is 26.0 Å². The van der Waals surface area contributed by atoms with Crippen molar-refractivity contribution < 1.29 is 29.0 Å². The molecule has 21 heavy (non-hydrogen) atoms.